The number of benzene rings is 2. The molecule has 0 saturated heterocycles. The Balaban J connectivity index is 1.41. The fraction of sp³-hybridized carbons (Fsp3) is 0.176. The largest absolute Gasteiger partial charge is 0.454 e. The van der Waals surface area contributed by atoms with Gasteiger partial charge in [-0.05, 0) is 30.3 Å². The van der Waals surface area contributed by atoms with Gasteiger partial charge in [0.1, 0.15) is 0 Å². The number of amides is 1. The van der Waals surface area contributed by atoms with Gasteiger partial charge in [-0.2, -0.15) is 5.10 Å². The molecule has 0 fully saturated rings. The van der Waals surface area contributed by atoms with Gasteiger partial charge in [0.25, 0.3) is 0 Å². The maximum Gasteiger partial charge on any atom is 0.231 e. The third-order valence-electron chi connectivity index (χ3n) is 3.81. The predicted molar refractivity (Wildman–Crippen MR) is 90.6 cm³/mol. The molecule has 0 saturated carbocycles. The van der Waals surface area contributed by atoms with Gasteiger partial charge < -0.3 is 14.8 Å². The first-order valence-electron chi connectivity index (χ1n) is 7.50. The predicted octanol–water partition coefficient (Wildman–Crippen LogP) is 3.45. The van der Waals surface area contributed by atoms with Crippen molar-refractivity contribution in [3.63, 3.8) is 0 Å². The minimum atomic E-state index is -0.0912. The summed E-state index contributed by atoms with van der Waals surface area (Å²) in [7, 11) is 0. The van der Waals surface area contributed by atoms with Gasteiger partial charge in [0.2, 0.25) is 12.7 Å². The molecule has 3 aromatic rings. The first-order chi connectivity index (χ1) is 11.7. The van der Waals surface area contributed by atoms with Crippen molar-refractivity contribution in [3.8, 4) is 11.5 Å². The van der Waals surface area contributed by atoms with Crippen LogP contribution in [0.25, 0.3) is 10.9 Å². The number of aromatic nitrogens is 2. The van der Waals surface area contributed by atoms with E-state index in [0.717, 1.165) is 10.9 Å². The van der Waals surface area contributed by atoms with Crippen molar-refractivity contribution >= 4 is 34.1 Å². The van der Waals surface area contributed by atoms with E-state index < -0.39 is 0 Å². The van der Waals surface area contributed by atoms with Crippen LogP contribution in [0.1, 0.15) is 6.42 Å². The molecule has 1 aromatic heterocycles. The Morgan fingerprint density at radius 1 is 1.21 bits per heavy atom. The molecule has 1 aliphatic rings. The Labute approximate surface area is 142 Å². The smallest absolute Gasteiger partial charge is 0.231 e. The highest BCUT2D eigenvalue weighted by molar-refractivity contribution is 6.31. The summed E-state index contributed by atoms with van der Waals surface area (Å²) < 4.78 is 12.3. The Bertz CT molecular complexity index is 923. The lowest BCUT2D eigenvalue weighted by Gasteiger charge is -2.07. The number of carbonyl (C=O) groups is 1. The molecule has 122 valence electrons. The van der Waals surface area contributed by atoms with E-state index in [-0.39, 0.29) is 12.7 Å². The van der Waals surface area contributed by atoms with Gasteiger partial charge >= 0.3 is 0 Å². The number of aryl methyl sites for hydroxylation is 1. The van der Waals surface area contributed by atoms with Crippen LogP contribution in [0, 0.1) is 0 Å². The molecule has 2 aromatic carbocycles. The second-order valence-corrected chi connectivity index (χ2v) is 5.87. The lowest BCUT2D eigenvalue weighted by atomic mass is 10.2. The molecule has 0 bridgehead atoms. The van der Waals surface area contributed by atoms with Gasteiger partial charge in [0, 0.05) is 28.6 Å². The first-order valence-corrected chi connectivity index (χ1v) is 7.87. The number of anilines is 1. The highest BCUT2D eigenvalue weighted by atomic mass is 35.5. The first kappa shape index (κ1) is 14.8. The topological polar surface area (TPSA) is 65.4 Å². The van der Waals surface area contributed by atoms with E-state index in [4.69, 9.17) is 21.1 Å². The Kier molecular flexibility index (Phi) is 3.74. The lowest BCUT2D eigenvalue weighted by Crippen LogP contribution is -2.14. The van der Waals surface area contributed by atoms with Gasteiger partial charge in [-0.25, -0.2) is 0 Å². The van der Waals surface area contributed by atoms with E-state index in [0.29, 0.717) is 35.2 Å². The van der Waals surface area contributed by atoms with Crippen molar-refractivity contribution in [3.05, 3.63) is 47.6 Å². The maximum absolute atomic E-state index is 12.2. The molecule has 2 heterocycles. The molecule has 0 aliphatic carbocycles. The molecule has 24 heavy (non-hydrogen) atoms. The molecule has 0 spiro atoms. The molecule has 7 heteroatoms. The van der Waals surface area contributed by atoms with E-state index in [1.165, 1.54) is 0 Å². The summed E-state index contributed by atoms with van der Waals surface area (Å²) in [5.41, 5.74) is 1.64. The van der Waals surface area contributed by atoms with E-state index in [1.807, 2.05) is 18.2 Å². The minimum Gasteiger partial charge on any atom is -0.454 e. The summed E-state index contributed by atoms with van der Waals surface area (Å²) >= 11 is 5.97. The molecular formula is C17H14ClN3O3. The van der Waals surface area contributed by atoms with Crippen molar-refractivity contribution < 1.29 is 14.3 Å². The summed E-state index contributed by atoms with van der Waals surface area (Å²) in [4.78, 5) is 12.2. The summed E-state index contributed by atoms with van der Waals surface area (Å²) in [5, 5.41) is 8.78. The van der Waals surface area contributed by atoms with Crippen LogP contribution in [-0.4, -0.2) is 22.5 Å². The lowest BCUT2D eigenvalue weighted by molar-refractivity contribution is -0.116. The fourth-order valence-corrected chi connectivity index (χ4v) is 2.82. The zero-order valence-electron chi connectivity index (χ0n) is 12.7. The molecular weight excluding hydrogens is 330 g/mol. The Hall–Kier alpha value is -2.73. The molecule has 1 aliphatic heterocycles. The molecule has 6 nitrogen and oxygen atoms in total. The zero-order chi connectivity index (χ0) is 16.5. The van der Waals surface area contributed by atoms with E-state index >= 15 is 0 Å². The van der Waals surface area contributed by atoms with Gasteiger partial charge in [0.05, 0.1) is 18.3 Å². The average Bonchev–Trinajstić information content (AvgIpc) is 3.18. The van der Waals surface area contributed by atoms with Crippen molar-refractivity contribution in [2.45, 2.75) is 13.0 Å². The Morgan fingerprint density at radius 2 is 2.08 bits per heavy atom. The van der Waals surface area contributed by atoms with Crippen LogP contribution in [-0.2, 0) is 11.3 Å². The summed E-state index contributed by atoms with van der Waals surface area (Å²) in [6.07, 6.45) is 2.06. The van der Waals surface area contributed by atoms with Crippen LogP contribution in [0.3, 0.4) is 0 Å². The van der Waals surface area contributed by atoms with Crippen LogP contribution in [0.5, 0.6) is 11.5 Å². The number of nitrogens with one attached hydrogen (secondary N) is 1. The van der Waals surface area contributed by atoms with E-state index in [1.54, 1.807) is 29.1 Å². The summed E-state index contributed by atoms with van der Waals surface area (Å²) in [6.45, 7) is 0.699. The number of carbonyl (C=O) groups excluding carboxylic acids is 1. The van der Waals surface area contributed by atoms with E-state index in [9.17, 15) is 4.79 Å². The molecule has 0 atom stereocenters. The third kappa shape index (κ3) is 2.88. The average molecular weight is 344 g/mol. The van der Waals surface area contributed by atoms with Crippen LogP contribution in [0.4, 0.5) is 5.69 Å². The summed E-state index contributed by atoms with van der Waals surface area (Å²) in [6, 6.07) is 10.9. The van der Waals surface area contributed by atoms with Crippen molar-refractivity contribution in [2.24, 2.45) is 0 Å². The van der Waals surface area contributed by atoms with Crippen LogP contribution in [0.2, 0.25) is 5.02 Å². The van der Waals surface area contributed by atoms with Gasteiger partial charge in [-0.3, -0.25) is 9.48 Å². The van der Waals surface area contributed by atoms with E-state index in [2.05, 4.69) is 10.4 Å². The molecule has 1 N–H and O–H groups in total. The second-order valence-electron chi connectivity index (χ2n) is 5.44. The van der Waals surface area contributed by atoms with Crippen molar-refractivity contribution in [1.29, 1.82) is 0 Å². The molecule has 0 unspecified atom stereocenters. The van der Waals surface area contributed by atoms with Crippen molar-refractivity contribution in [2.75, 3.05) is 12.1 Å². The zero-order valence-corrected chi connectivity index (χ0v) is 13.4. The molecule has 0 radical (unpaired) electrons. The number of hydrogen-bond donors (Lipinski definition) is 1. The van der Waals surface area contributed by atoms with Crippen LogP contribution in [0.15, 0.2) is 42.6 Å². The normalized spacial score (nSPS) is 12.5. The van der Waals surface area contributed by atoms with Crippen LogP contribution >= 0.6 is 11.6 Å². The monoisotopic (exact) mass is 343 g/mol. The number of rotatable bonds is 4. The highest BCUT2D eigenvalue weighted by Gasteiger charge is 2.14. The molecule has 1 amide bonds. The highest BCUT2D eigenvalue weighted by Crippen LogP contribution is 2.34. The Morgan fingerprint density at radius 3 is 3.00 bits per heavy atom. The standard InChI is InChI=1S/C17H14ClN3O3/c18-12-1-3-14-11(7-12)9-19-21(14)6-5-17(22)20-13-2-4-15-16(8-13)24-10-23-15/h1-4,7-9H,5-6,10H2,(H,20,22). The number of halogens is 1. The fourth-order valence-electron chi connectivity index (χ4n) is 2.64. The van der Waals surface area contributed by atoms with Gasteiger partial charge in [-0.1, -0.05) is 11.6 Å². The third-order valence-corrected chi connectivity index (χ3v) is 4.05. The molecule has 4 rings (SSSR count). The minimum absolute atomic E-state index is 0.0912. The summed E-state index contributed by atoms with van der Waals surface area (Å²) in [5.74, 6) is 1.24. The number of fused-ring (bicyclic) bond motifs is 2. The second kappa shape index (κ2) is 6.05. The number of ether oxygens (including phenoxy) is 2. The van der Waals surface area contributed by atoms with Gasteiger partial charge in [0.15, 0.2) is 11.5 Å². The van der Waals surface area contributed by atoms with Gasteiger partial charge in [-0.15, -0.1) is 0 Å². The quantitative estimate of drug-likeness (QED) is 0.788. The maximum atomic E-state index is 12.2. The number of nitrogens with zero attached hydrogens (tertiary/aromatic N) is 2. The number of hydrogen-bond acceptors (Lipinski definition) is 4. The van der Waals surface area contributed by atoms with Crippen molar-refractivity contribution in [1.82, 2.24) is 9.78 Å². The SMILES string of the molecule is O=C(CCn1ncc2cc(Cl)ccc21)Nc1ccc2c(c1)OCO2. The van der Waals surface area contributed by atoms with Crippen LogP contribution < -0.4 is 14.8 Å².